The average molecular weight is 278 g/mol. The highest BCUT2D eigenvalue weighted by Gasteiger charge is 2.04. The first-order valence-corrected chi connectivity index (χ1v) is 5.89. The highest BCUT2D eigenvalue weighted by Crippen LogP contribution is 2.16. The fourth-order valence-corrected chi connectivity index (χ4v) is 1.64. The molecule has 1 aromatic carbocycles. The standard InChI is InChI=1S/C13H12ClN3O2/c1-19-11-5-6-15-12(8-11)17-13(18)16-10-4-2-3-9(14)7-10/h2-8H,1H3,(H2,15,16,17,18). The maximum absolute atomic E-state index is 11.7. The fourth-order valence-electron chi connectivity index (χ4n) is 1.45. The lowest BCUT2D eigenvalue weighted by Crippen LogP contribution is -2.20. The van der Waals surface area contributed by atoms with Crippen molar-refractivity contribution >= 4 is 29.1 Å². The Kier molecular flexibility index (Phi) is 4.20. The number of rotatable bonds is 3. The molecule has 0 radical (unpaired) electrons. The number of carbonyl (C=O) groups is 1. The third-order valence-electron chi connectivity index (χ3n) is 2.29. The van der Waals surface area contributed by atoms with Crippen LogP contribution in [0, 0.1) is 0 Å². The number of anilines is 2. The van der Waals surface area contributed by atoms with Crippen LogP contribution in [0.5, 0.6) is 5.75 Å². The van der Waals surface area contributed by atoms with Crippen molar-refractivity contribution in [1.82, 2.24) is 4.98 Å². The lowest BCUT2D eigenvalue weighted by atomic mass is 10.3. The summed E-state index contributed by atoms with van der Waals surface area (Å²) in [5, 5.41) is 5.81. The Morgan fingerprint density at radius 1 is 1.26 bits per heavy atom. The average Bonchev–Trinajstić information content (AvgIpc) is 2.38. The van der Waals surface area contributed by atoms with Gasteiger partial charge in [-0.2, -0.15) is 0 Å². The topological polar surface area (TPSA) is 63.2 Å². The van der Waals surface area contributed by atoms with Crippen molar-refractivity contribution in [2.75, 3.05) is 17.7 Å². The maximum atomic E-state index is 11.7. The molecule has 0 bridgehead atoms. The molecule has 2 amide bonds. The van der Waals surface area contributed by atoms with E-state index in [1.54, 1.807) is 49.7 Å². The minimum absolute atomic E-state index is 0.400. The molecule has 19 heavy (non-hydrogen) atoms. The number of pyridine rings is 1. The lowest BCUT2D eigenvalue weighted by Gasteiger charge is -2.08. The van der Waals surface area contributed by atoms with Crippen molar-refractivity contribution in [3.8, 4) is 5.75 Å². The number of carbonyl (C=O) groups excluding carboxylic acids is 1. The zero-order valence-electron chi connectivity index (χ0n) is 10.2. The van der Waals surface area contributed by atoms with Gasteiger partial charge < -0.3 is 10.1 Å². The summed E-state index contributed by atoms with van der Waals surface area (Å²) in [6, 6.07) is 9.79. The van der Waals surface area contributed by atoms with E-state index in [9.17, 15) is 4.79 Å². The molecule has 0 saturated carbocycles. The second kappa shape index (κ2) is 6.06. The molecule has 0 fully saturated rings. The molecule has 1 heterocycles. The number of aromatic nitrogens is 1. The largest absolute Gasteiger partial charge is 0.497 e. The summed E-state index contributed by atoms with van der Waals surface area (Å²) < 4.78 is 5.04. The van der Waals surface area contributed by atoms with Crippen molar-refractivity contribution in [3.05, 3.63) is 47.6 Å². The molecule has 0 aliphatic heterocycles. The van der Waals surface area contributed by atoms with Crippen molar-refractivity contribution < 1.29 is 9.53 Å². The number of methoxy groups -OCH3 is 1. The van der Waals surface area contributed by atoms with Gasteiger partial charge in [-0.05, 0) is 24.3 Å². The quantitative estimate of drug-likeness (QED) is 0.904. The second-order valence-electron chi connectivity index (χ2n) is 3.67. The Balaban J connectivity index is 2.01. The summed E-state index contributed by atoms with van der Waals surface area (Å²) in [5.41, 5.74) is 0.605. The van der Waals surface area contributed by atoms with Gasteiger partial charge in [-0.15, -0.1) is 0 Å². The minimum atomic E-state index is -0.400. The van der Waals surface area contributed by atoms with Gasteiger partial charge in [0.15, 0.2) is 0 Å². The zero-order chi connectivity index (χ0) is 13.7. The van der Waals surface area contributed by atoms with Crippen molar-refractivity contribution in [3.63, 3.8) is 0 Å². The van der Waals surface area contributed by atoms with Gasteiger partial charge in [-0.25, -0.2) is 9.78 Å². The molecule has 0 aliphatic rings. The zero-order valence-corrected chi connectivity index (χ0v) is 10.9. The van der Waals surface area contributed by atoms with Gasteiger partial charge in [0.2, 0.25) is 0 Å². The van der Waals surface area contributed by atoms with Crippen molar-refractivity contribution in [2.24, 2.45) is 0 Å². The van der Waals surface area contributed by atoms with E-state index in [2.05, 4.69) is 15.6 Å². The van der Waals surface area contributed by atoms with Gasteiger partial charge in [0.05, 0.1) is 7.11 Å². The number of urea groups is 1. The summed E-state index contributed by atoms with van der Waals surface area (Å²) in [6.07, 6.45) is 1.55. The van der Waals surface area contributed by atoms with Gasteiger partial charge in [0, 0.05) is 23.0 Å². The molecule has 2 rings (SSSR count). The Bertz CT molecular complexity index is 590. The van der Waals surface area contributed by atoms with Crippen molar-refractivity contribution in [2.45, 2.75) is 0 Å². The van der Waals surface area contributed by atoms with Crippen LogP contribution in [0.4, 0.5) is 16.3 Å². The van der Waals surface area contributed by atoms with Crippen LogP contribution in [0.2, 0.25) is 5.02 Å². The molecule has 0 spiro atoms. The number of nitrogens with zero attached hydrogens (tertiary/aromatic N) is 1. The molecule has 2 aromatic rings. The van der Waals surface area contributed by atoms with Crippen LogP contribution in [-0.4, -0.2) is 18.1 Å². The first-order chi connectivity index (χ1) is 9.17. The normalized spacial score (nSPS) is 9.79. The number of halogens is 1. The van der Waals surface area contributed by atoms with Crippen molar-refractivity contribution in [1.29, 1.82) is 0 Å². The van der Waals surface area contributed by atoms with Crippen LogP contribution in [0.3, 0.4) is 0 Å². The van der Waals surface area contributed by atoms with Gasteiger partial charge in [0.25, 0.3) is 0 Å². The molecule has 0 unspecified atom stereocenters. The van der Waals surface area contributed by atoms with Crippen LogP contribution in [0.25, 0.3) is 0 Å². The Hall–Kier alpha value is -2.27. The Morgan fingerprint density at radius 2 is 2.11 bits per heavy atom. The van der Waals surface area contributed by atoms with Crippen LogP contribution >= 0.6 is 11.6 Å². The van der Waals surface area contributed by atoms with E-state index in [0.717, 1.165) is 0 Å². The summed E-state index contributed by atoms with van der Waals surface area (Å²) in [4.78, 5) is 15.8. The number of hydrogen-bond acceptors (Lipinski definition) is 3. The molecule has 1 aromatic heterocycles. The fraction of sp³-hybridized carbons (Fsp3) is 0.0769. The van der Waals surface area contributed by atoms with E-state index >= 15 is 0 Å². The highest BCUT2D eigenvalue weighted by molar-refractivity contribution is 6.30. The molecule has 2 N–H and O–H groups in total. The SMILES string of the molecule is COc1ccnc(NC(=O)Nc2cccc(Cl)c2)c1. The van der Waals surface area contributed by atoms with E-state index < -0.39 is 6.03 Å². The first-order valence-electron chi connectivity index (χ1n) is 5.51. The predicted molar refractivity (Wildman–Crippen MR) is 74.9 cm³/mol. The molecule has 0 aliphatic carbocycles. The minimum Gasteiger partial charge on any atom is -0.497 e. The molecular weight excluding hydrogens is 266 g/mol. The summed E-state index contributed by atoms with van der Waals surface area (Å²) >= 11 is 5.83. The summed E-state index contributed by atoms with van der Waals surface area (Å²) in [6.45, 7) is 0. The second-order valence-corrected chi connectivity index (χ2v) is 4.11. The van der Waals surface area contributed by atoms with Gasteiger partial charge in [-0.1, -0.05) is 17.7 Å². The summed E-state index contributed by atoms with van der Waals surface area (Å²) in [5.74, 6) is 1.02. The highest BCUT2D eigenvalue weighted by atomic mass is 35.5. The summed E-state index contributed by atoms with van der Waals surface area (Å²) in [7, 11) is 1.55. The number of benzene rings is 1. The maximum Gasteiger partial charge on any atom is 0.324 e. The number of amides is 2. The van der Waals surface area contributed by atoms with Gasteiger partial charge in [-0.3, -0.25) is 5.32 Å². The molecule has 5 nitrogen and oxygen atoms in total. The lowest BCUT2D eigenvalue weighted by molar-refractivity contribution is 0.262. The van der Waals surface area contributed by atoms with E-state index in [-0.39, 0.29) is 0 Å². The molecular formula is C13H12ClN3O2. The molecule has 98 valence electrons. The number of ether oxygens (including phenoxy) is 1. The van der Waals surface area contributed by atoms with Gasteiger partial charge >= 0.3 is 6.03 Å². The molecule has 0 atom stereocenters. The number of hydrogen-bond donors (Lipinski definition) is 2. The van der Waals surface area contributed by atoms with E-state index in [1.165, 1.54) is 0 Å². The molecule has 0 saturated heterocycles. The smallest absolute Gasteiger partial charge is 0.324 e. The first kappa shape index (κ1) is 13.2. The third kappa shape index (κ3) is 3.86. The number of nitrogens with one attached hydrogen (secondary N) is 2. The van der Waals surface area contributed by atoms with Crippen LogP contribution < -0.4 is 15.4 Å². The molecule has 6 heteroatoms. The van der Waals surface area contributed by atoms with E-state index in [4.69, 9.17) is 16.3 Å². The van der Waals surface area contributed by atoms with Crippen LogP contribution in [-0.2, 0) is 0 Å². The van der Waals surface area contributed by atoms with Crippen LogP contribution in [0.15, 0.2) is 42.6 Å². The van der Waals surface area contributed by atoms with Crippen LogP contribution in [0.1, 0.15) is 0 Å². The van der Waals surface area contributed by atoms with Gasteiger partial charge in [0.1, 0.15) is 11.6 Å². The Morgan fingerprint density at radius 3 is 2.84 bits per heavy atom. The van der Waals surface area contributed by atoms with E-state index in [0.29, 0.717) is 22.3 Å². The third-order valence-corrected chi connectivity index (χ3v) is 2.53. The predicted octanol–water partition coefficient (Wildman–Crippen LogP) is 3.39. The monoisotopic (exact) mass is 277 g/mol. The van der Waals surface area contributed by atoms with E-state index in [1.807, 2.05) is 0 Å². The Labute approximate surface area is 115 Å².